The van der Waals surface area contributed by atoms with E-state index in [1.54, 1.807) is 17.0 Å². The number of aromatic nitrogens is 1. The largest absolute Gasteiger partial charge is 0.457 e. The van der Waals surface area contributed by atoms with E-state index in [9.17, 15) is 14.4 Å². The molecule has 1 amide bonds. The number of aromatic amines is 1. The molecule has 0 spiro atoms. The number of carbonyl (C=O) groups is 2. The lowest BCUT2D eigenvalue weighted by molar-refractivity contribution is -0.138. The van der Waals surface area contributed by atoms with E-state index < -0.39 is 5.97 Å². The van der Waals surface area contributed by atoms with Gasteiger partial charge < -0.3 is 14.6 Å². The summed E-state index contributed by atoms with van der Waals surface area (Å²) in [6.45, 7) is 0.646. The lowest BCUT2D eigenvalue weighted by Crippen LogP contribution is -2.23. The highest BCUT2D eigenvalue weighted by Gasteiger charge is 2.21. The lowest BCUT2D eigenvalue weighted by Gasteiger charge is -2.15. The van der Waals surface area contributed by atoms with Gasteiger partial charge in [-0.3, -0.25) is 9.59 Å². The Balaban J connectivity index is 1.37. The number of fused-ring (bicyclic) bond motifs is 1. The van der Waals surface area contributed by atoms with Crippen LogP contribution in [0.2, 0.25) is 0 Å². The van der Waals surface area contributed by atoms with Crippen molar-refractivity contribution in [1.29, 1.82) is 0 Å². The average Bonchev–Trinajstić information content (AvgIpc) is 3.17. The number of pyridine rings is 1. The van der Waals surface area contributed by atoms with Crippen LogP contribution in [0.25, 0.3) is 17.0 Å². The summed E-state index contributed by atoms with van der Waals surface area (Å²) < 4.78 is 5.20. The standard InChI is InChI=1S/C23H20N2O4/c26-21-6-3-13-25(21)19-10-7-16(8-11-19)9-12-22(27)29-15-18-14-17-4-1-2-5-20(17)24-23(18)28/h1-2,4-5,7-12,14H,3,6,13,15H2,(H,24,28). The minimum absolute atomic E-state index is 0.0979. The molecule has 0 aliphatic carbocycles. The van der Waals surface area contributed by atoms with Gasteiger partial charge in [-0.1, -0.05) is 30.3 Å². The van der Waals surface area contributed by atoms with E-state index in [0.29, 0.717) is 12.0 Å². The van der Waals surface area contributed by atoms with Gasteiger partial charge in [-0.15, -0.1) is 0 Å². The van der Waals surface area contributed by atoms with E-state index in [-0.39, 0.29) is 18.1 Å². The van der Waals surface area contributed by atoms with Crippen LogP contribution in [0.15, 0.2) is 65.5 Å². The maximum atomic E-state index is 12.1. The molecule has 6 heteroatoms. The van der Waals surface area contributed by atoms with Crippen LogP contribution in [0.3, 0.4) is 0 Å². The molecule has 3 aromatic rings. The minimum Gasteiger partial charge on any atom is -0.457 e. The third kappa shape index (κ3) is 4.27. The van der Waals surface area contributed by atoms with Gasteiger partial charge in [-0.2, -0.15) is 0 Å². The Hall–Kier alpha value is -3.67. The first-order valence-electron chi connectivity index (χ1n) is 9.46. The summed E-state index contributed by atoms with van der Waals surface area (Å²) in [7, 11) is 0. The van der Waals surface area contributed by atoms with Crippen molar-refractivity contribution in [2.45, 2.75) is 19.4 Å². The molecule has 29 heavy (non-hydrogen) atoms. The van der Waals surface area contributed by atoms with Crippen molar-refractivity contribution in [2.24, 2.45) is 0 Å². The minimum atomic E-state index is -0.531. The van der Waals surface area contributed by atoms with E-state index in [0.717, 1.165) is 35.1 Å². The van der Waals surface area contributed by atoms with E-state index in [1.807, 2.05) is 48.5 Å². The normalized spacial score (nSPS) is 14.1. The summed E-state index contributed by atoms with van der Waals surface area (Å²) in [6, 6.07) is 16.6. The molecule has 2 aromatic carbocycles. The smallest absolute Gasteiger partial charge is 0.331 e. The molecule has 0 radical (unpaired) electrons. The molecule has 1 N–H and O–H groups in total. The fraction of sp³-hybridized carbons (Fsp3) is 0.174. The van der Waals surface area contributed by atoms with Crippen LogP contribution in [0.4, 0.5) is 5.69 Å². The number of rotatable bonds is 5. The Labute approximate surface area is 167 Å². The summed E-state index contributed by atoms with van der Waals surface area (Å²) in [6.07, 6.45) is 4.44. The number of H-pyrrole nitrogens is 1. The van der Waals surface area contributed by atoms with Crippen LogP contribution in [0, 0.1) is 0 Å². The van der Waals surface area contributed by atoms with Crippen molar-refractivity contribution in [3.63, 3.8) is 0 Å². The maximum Gasteiger partial charge on any atom is 0.331 e. The van der Waals surface area contributed by atoms with Gasteiger partial charge in [0.15, 0.2) is 0 Å². The lowest BCUT2D eigenvalue weighted by atomic mass is 10.1. The van der Waals surface area contributed by atoms with Crippen molar-refractivity contribution in [2.75, 3.05) is 11.4 Å². The first-order chi connectivity index (χ1) is 14.1. The van der Waals surface area contributed by atoms with Gasteiger partial charge in [0.25, 0.3) is 5.56 Å². The number of hydrogen-bond donors (Lipinski definition) is 1. The summed E-state index contributed by atoms with van der Waals surface area (Å²) in [5.74, 6) is -0.392. The molecule has 0 unspecified atom stereocenters. The predicted molar refractivity (Wildman–Crippen MR) is 111 cm³/mol. The van der Waals surface area contributed by atoms with E-state index in [2.05, 4.69) is 4.98 Å². The predicted octanol–water partition coefficient (Wildman–Crippen LogP) is 3.41. The Morgan fingerprint density at radius 2 is 1.90 bits per heavy atom. The molecule has 0 bridgehead atoms. The Morgan fingerprint density at radius 3 is 2.66 bits per heavy atom. The molecule has 1 fully saturated rings. The number of esters is 1. The number of ether oxygens (including phenoxy) is 1. The van der Waals surface area contributed by atoms with E-state index >= 15 is 0 Å². The van der Waals surface area contributed by atoms with Crippen LogP contribution in [0.5, 0.6) is 0 Å². The third-order valence-electron chi connectivity index (χ3n) is 4.89. The molecule has 4 rings (SSSR count). The molecule has 0 atom stereocenters. The second-order valence-electron chi connectivity index (χ2n) is 6.89. The monoisotopic (exact) mass is 388 g/mol. The number of hydrogen-bond acceptors (Lipinski definition) is 4. The Bertz CT molecular complexity index is 1150. The summed E-state index contributed by atoms with van der Waals surface area (Å²) in [5, 5.41) is 0.880. The number of nitrogens with one attached hydrogen (secondary N) is 1. The number of anilines is 1. The first kappa shape index (κ1) is 18.7. The number of nitrogens with zero attached hydrogens (tertiary/aromatic N) is 1. The van der Waals surface area contributed by atoms with Crippen LogP contribution < -0.4 is 10.5 Å². The molecule has 0 saturated carbocycles. The second kappa shape index (κ2) is 8.14. The van der Waals surface area contributed by atoms with Crippen molar-refractivity contribution >= 4 is 34.5 Å². The highest BCUT2D eigenvalue weighted by Crippen LogP contribution is 2.22. The quantitative estimate of drug-likeness (QED) is 0.537. The third-order valence-corrected chi connectivity index (χ3v) is 4.89. The number of para-hydroxylation sites is 1. The maximum absolute atomic E-state index is 12.1. The molecule has 1 aliphatic heterocycles. The Morgan fingerprint density at radius 1 is 1.10 bits per heavy atom. The molecule has 1 aliphatic rings. The van der Waals surface area contributed by atoms with E-state index in [4.69, 9.17) is 4.74 Å². The van der Waals surface area contributed by atoms with Gasteiger partial charge in [0, 0.05) is 30.2 Å². The van der Waals surface area contributed by atoms with Gasteiger partial charge in [0.1, 0.15) is 6.61 Å². The molecule has 1 aromatic heterocycles. The zero-order chi connectivity index (χ0) is 20.2. The zero-order valence-electron chi connectivity index (χ0n) is 15.8. The number of amides is 1. The highest BCUT2D eigenvalue weighted by molar-refractivity contribution is 5.95. The average molecular weight is 388 g/mol. The van der Waals surface area contributed by atoms with Gasteiger partial charge in [-0.05, 0) is 47.7 Å². The molecular formula is C23H20N2O4. The molecule has 1 saturated heterocycles. The summed E-state index contributed by atoms with van der Waals surface area (Å²) >= 11 is 0. The highest BCUT2D eigenvalue weighted by atomic mass is 16.5. The van der Waals surface area contributed by atoms with Gasteiger partial charge in [0.2, 0.25) is 5.91 Å². The van der Waals surface area contributed by atoms with Crippen LogP contribution >= 0.6 is 0 Å². The van der Waals surface area contributed by atoms with Crippen molar-refractivity contribution in [3.05, 3.63) is 82.2 Å². The fourth-order valence-corrected chi connectivity index (χ4v) is 3.35. The van der Waals surface area contributed by atoms with Crippen molar-refractivity contribution in [1.82, 2.24) is 4.98 Å². The van der Waals surface area contributed by atoms with Crippen molar-refractivity contribution < 1.29 is 14.3 Å². The topological polar surface area (TPSA) is 79.5 Å². The second-order valence-corrected chi connectivity index (χ2v) is 6.89. The molecule has 2 heterocycles. The van der Waals surface area contributed by atoms with Gasteiger partial charge in [-0.25, -0.2) is 4.79 Å². The molecule has 6 nitrogen and oxygen atoms in total. The summed E-state index contributed by atoms with van der Waals surface area (Å²) in [4.78, 5) is 40.4. The summed E-state index contributed by atoms with van der Waals surface area (Å²) in [5.41, 5.74) is 2.55. The van der Waals surface area contributed by atoms with Crippen LogP contribution in [-0.2, 0) is 20.9 Å². The zero-order valence-corrected chi connectivity index (χ0v) is 15.8. The van der Waals surface area contributed by atoms with Gasteiger partial charge in [0.05, 0.1) is 5.56 Å². The van der Waals surface area contributed by atoms with E-state index in [1.165, 1.54) is 6.08 Å². The van der Waals surface area contributed by atoms with Gasteiger partial charge >= 0.3 is 5.97 Å². The van der Waals surface area contributed by atoms with Crippen molar-refractivity contribution in [3.8, 4) is 0 Å². The SMILES string of the molecule is O=C(C=Cc1ccc(N2CCCC2=O)cc1)OCc1cc2ccccc2[nH]c1=O. The fourth-order valence-electron chi connectivity index (χ4n) is 3.35. The number of carbonyl (C=O) groups excluding carboxylic acids is 2. The Kier molecular flexibility index (Phi) is 5.24. The number of benzene rings is 2. The molecular weight excluding hydrogens is 368 g/mol. The van der Waals surface area contributed by atoms with Crippen LogP contribution in [-0.4, -0.2) is 23.4 Å². The first-order valence-corrected chi connectivity index (χ1v) is 9.46. The molecule has 146 valence electrons. The van der Waals surface area contributed by atoms with Crippen LogP contribution in [0.1, 0.15) is 24.0 Å².